The van der Waals surface area contributed by atoms with Crippen LogP contribution in [0.15, 0.2) is 24.3 Å². The van der Waals surface area contributed by atoms with E-state index < -0.39 is 0 Å². The lowest BCUT2D eigenvalue weighted by Crippen LogP contribution is -2.44. The van der Waals surface area contributed by atoms with Gasteiger partial charge in [-0.05, 0) is 31.3 Å². The van der Waals surface area contributed by atoms with Gasteiger partial charge in [-0.25, -0.2) is 0 Å². The number of benzene rings is 1. The van der Waals surface area contributed by atoms with Gasteiger partial charge in [-0.1, -0.05) is 11.8 Å². The molecule has 2 rings (SSSR count). The Morgan fingerprint density at radius 2 is 1.84 bits per heavy atom. The fraction of sp³-hybridized carbons (Fsp3) is 0.400. The lowest BCUT2D eigenvalue weighted by atomic mass is 10.2. The van der Waals surface area contributed by atoms with Gasteiger partial charge in [0.05, 0.1) is 6.42 Å². The highest BCUT2D eigenvalue weighted by Gasteiger charge is 2.13. The molecule has 2 N–H and O–H groups in total. The molecule has 0 saturated carbocycles. The number of carbonyl (C=O) groups excluding carboxylic acids is 1. The maximum absolute atomic E-state index is 10.6. The summed E-state index contributed by atoms with van der Waals surface area (Å²) in [5, 5.41) is 0. The predicted molar refractivity (Wildman–Crippen MR) is 76.8 cm³/mol. The van der Waals surface area contributed by atoms with Crippen LogP contribution in [-0.2, 0) is 4.79 Å². The smallest absolute Gasteiger partial charge is 0.229 e. The molecule has 100 valence electrons. The van der Waals surface area contributed by atoms with Crippen LogP contribution in [0.5, 0.6) is 0 Å². The molecule has 0 unspecified atom stereocenters. The Bertz CT molecular complexity index is 490. The summed E-state index contributed by atoms with van der Waals surface area (Å²) in [6.45, 7) is 4.31. The number of hydrogen-bond acceptors (Lipinski definition) is 3. The van der Waals surface area contributed by atoms with Crippen molar-refractivity contribution >= 4 is 11.6 Å². The number of amides is 1. The van der Waals surface area contributed by atoms with Crippen molar-refractivity contribution in [2.75, 3.05) is 38.1 Å². The molecule has 4 heteroatoms. The minimum Gasteiger partial charge on any atom is -0.369 e. The number of primary amides is 1. The summed E-state index contributed by atoms with van der Waals surface area (Å²) in [6, 6.07) is 8.14. The van der Waals surface area contributed by atoms with E-state index >= 15 is 0 Å². The minimum atomic E-state index is -0.387. The summed E-state index contributed by atoms with van der Waals surface area (Å²) in [6.07, 6.45) is 0.111. The molecule has 1 amide bonds. The van der Waals surface area contributed by atoms with E-state index in [1.807, 2.05) is 12.1 Å². The first-order valence-electron chi connectivity index (χ1n) is 6.46. The van der Waals surface area contributed by atoms with Crippen LogP contribution in [0.4, 0.5) is 5.69 Å². The van der Waals surface area contributed by atoms with Gasteiger partial charge >= 0.3 is 0 Å². The molecular formula is C15H19N3O. The third kappa shape index (κ3) is 4.01. The number of rotatable bonds is 2. The quantitative estimate of drug-likeness (QED) is 0.792. The van der Waals surface area contributed by atoms with E-state index in [2.05, 4.69) is 40.8 Å². The molecule has 1 aromatic carbocycles. The fourth-order valence-electron chi connectivity index (χ4n) is 2.05. The van der Waals surface area contributed by atoms with Crippen LogP contribution in [-0.4, -0.2) is 44.0 Å². The van der Waals surface area contributed by atoms with Crippen molar-refractivity contribution in [2.24, 2.45) is 5.73 Å². The van der Waals surface area contributed by atoms with Crippen molar-refractivity contribution < 1.29 is 4.79 Å². The number of likely N-dealkylation sites (N-methyl/N-ethyl adjacent to an activating group) is 1. The van der Waals surface area contributed by atoms with Gasteiger partial charge in [-0.15, -0.1) is 0 Å². The van der Waals surface area contributed by atoms with Crippen LogP contribution in [0.3, 0.4) is 0 Å². The zero-order valence-corrected chi connectivity index (χ0v) is 11.2. The lowest BCUT2D eigenvalue weighted by molar-refractivity contribution is -0.117. The van der Waals surface area contributed by atoms with E-state index in [4.69, 9.17) is 5.73 Å². The zero-order chi connectivity index (χ0) is 13.7. The van der Waals surface area contributed by atoms with Crippen LogP contribution in [0.25, 0.3) is 0 Å². The highest BCUT2D eigenvalue weighted by molar-refractivity contribution is 5.76. The second-order valence-corrected chi connectivity index (χ2v) is 4.78. The third-order valence-electron chi connectivity index (χ3n) is 3.23. The van der Waals surface area contributed by atoms with Crippen LogP contribution in [0, 0.1) is 11.8 Å². The van der Waals surface area contributed by atoms with Crippen molar-refractivity contribution in [3.05, 3.63) is 29.8 Å². The number of hydrogen-bond donors (Lipinski definition) is 1. The van der Waals surface area contributed by atoms with Gasteiger partial charge in [0, 0.05) is 37.4 Å². The Morgan fingerprint density at radius 1 is 1.21 bits per heavy atom. The summed E-state index contributed by atoms with van der Waals surface area (Å²) >= 11 is 0. The average molecular weight is 257 g/mol. The predicted octanol–water partition coefficient (Wildman–Crippen LogP) is 0.665. The van der Waals surface area contributed by atoms with Gasteiger partial charge in [-0.2, -0.15) is 0 Å². The van der Waals surface area contributed by atoms with Gasteiger partial charge in [0.2, 0.25) is 5.91 Å². The molecule has 1 saturated heterocycles. The maximum atomic E-state index is 10.6. The van der Waals surface area contributed by atoms with E-state index in [1.54, 1.807) is 0 Å². The summed E-state index contributed by atoms with van der Waals surface area (Å²) in [4.78, 5) is 15.3. The van der Waals surface area contributed by atoms with Crippen molar-refractivity contribution in [1.29, 1.82) is 0 Å². The second-order valence-electron chi connectivity index (χ2n) is 4.78. The van der Waals surface area contributed by atoms with Gasteiger partial charge < -0.3 is 15.5 Å². The highest BCUT2D eigenvalue weighted by Crippen LogP contribution is 2.16. The van der Waals surface area contributed by atoms with Crippen molar-refractivity contribution in [1.82, 2.24) is 4.90 Å². The molecule has 0 aliphatic carbocycles. The molecule has 1 aliphatic heterocycles. The first-order valence-corrected chi connectivity index (χ1v) is 6.46. The Hall–Kier alpha value is -1.99. The molecule has 0 aromatic heterocycles. The van der Waals surface area contributed by atoms with E-state index in [9.17, 15) is 4.79 Å². The first kappa shape index (κ1) is 13.4. The molecule has 0 atom stereocenters. The topological polar surface area (TPSA) is 49.6 Å². The van der Waals surface area contributed by atoms with Crippen LogP contribution >= 0.6 is 0 Å². The molecule has 1 heterocycles. The summed E-state index contributed by atoms with van der Waals surface area (Å²) in [5.41, 5.74) is 7.18. The Labute approximate surface area is 114 Å². The molecule has 1 fully saturated rings. The monoisotopic (exact) mass is 257 g/mol. The number of carbonyl (C=O) groups is 1. The van der Waals surface area contributed by atoms with E-state index in [0.717, 1.165) is 31.7 Å². The average Bonchev–Trinajstić information content (AvgIpc) is 2.40. The minimum absolute atomic E-state index is 0.111. The zero-order valence-electron chi connectivity index (χ0n) is 11.2. The number of anilines is 1. The largest absolute Gasteiger partial charge is 0.369 e. The molecule has 1 aliphatic rings. The standard InChI is InChI=1S/C15H19N3O/c1-17-9-11-18(12-10-17)14-7-5-13(6-8-14)3-2-4-15(16)19/h5-8H,4,9-12H2,1H3,(H2,16,19). The maximum Gasteiger partial charge on any atom is 0.229 e. The molecule has 0 radical (unpaired) electrons. The lowest BCUT2D eigenvalue weighted by Gasteiger charge is -2.34. The highest BCUT2D eigenvalue weighted by atomic mass is 16.1. The SMILES string of the molecule is CN1CCN(c2ccc(C#CCC(N)=O)cc2)CC1. The molecule has 0 bridgehead atoms. The summed E-state index contributed by atoms with van der Waals surface area (Å²) in [5.74, 6) is 5.31. The molecular weight excluding hydrogens is 238 g/mol. The van der Waals surface area contributed by atoms with E-state index in [1.165, 1.54) is 5.69 Å². The molecule has 0 spiro atoms. The Kier molecular flexibility index (Phi) is 4.43. The van der Waals surface area contributed by atoms with Gasteiger partial charge in [-0.3, -0.25) is 4.79 Å². The molecule has 1 aromatic rings. The van der Waals surface area contributed by atoms with Crippen molar-refractivity contribution in [3.63, 3.8) is 0 Å². The van der Waals surface area contributed by atoms with Gasteiger partial charge in [0.15, 0.2) is 0 Å². The Morgan fingerprint density at radius 3 is 2.42 bits per heavy atom. The number of nitrogens with zero attached hydrogens (tertiary/aromatic N) is 2. The summed E-state index contributed by atoms with van der Waals surface area (Å²) < 4.78 is 0. The van der Waals surface area contributed by atoms with Crippen LogP contribution in [0.2, 0.25) is 0 Å². The fourth-order valence-corrected chi connectivity index (χ4v) is 2.05. The van der Waals surface area contributed by atoms with Crippen molar-refractivity contribution in [2.45, 2.75) is 6.42 Å². The Balaban J connectivity index is 1.97. The molecule has 19 heavy (non-hydrogen) atoms. The van der Waals surface area contributed by atoms with Crippen molar-refractivity contribution in [3.8, 4) is 11.8 Å². The van der Waals surface area contributed by atoms with Crippen LogP contribution in [0.1, 0.15) is 12.0 Å². The number of piperazine rings is 1. The normalized spacial score (nSPS) is 15.7. The number of nitrogens with two attached hydrogens (primary N) is 1. The third-order valence-corrected chi connectivity index (χ3v) is 3.23. The van der Waals surface area contributed by atoms with Gasteiger partial charge in [0.25, 0.3) is 0 Å². The second kappa shape index (κ2) is 6.26. The van der Waals surface area contributed by atoms with Gasteiger partial charge in [0.1, 0.15) is 0 Å². The van der Waals surface area contributed by atoms with E-state index in [0.29, 0.717) is 0 Å². The van der Waals surface area contributed by atoms with E-state index in [-0.39, 0.29) is 12.3 Å². The van der Waals surface area contributed by atoms with Crippen LogP contribution < -0.4 is 10.6 Å². The molecule has 4 nitrogen and oxygen atoms in total. The summed E-state index contributed by atoms with van der Waals surface area (Å²) in [7, 11) is 2.15. The first-order chi connectivity index (χ1) is 9.15.